The maximum absolute atomic E-state index is 13.7. The first-order valence-corrected chi connectivity index (χ1v) is 10.9. The van der Waals surface area contributed by atoms with Crippen LogP contribution in [0.25, 0.3) is 11.0 Å². The summed E-state index contributed by atoms with van der Waals surface area (Å²) in [4.78, 5) is 25.3. The molecule has 0 aliphatic rings. The minimum absolute atomic E-state index is 0.0154. The zero-order valence-corrected chi connectivity index (χ0v) is 19.6. The fourth-order valence-electron chi connectivity index (χ4n) is 3.17. The standard InChI is InChI=1S/C25H16BrF3O6/c1-32-15-8-6-14(7-9-15)19(30)13-33-16-10-11-17-21(12-16)35-24(25(27,28)29)23(22(17)31)34-20-5-3-2-4-18(20)26/h2-12H,13H2,1H3. The van der Waals surface area contributed by atoms with Crippen LogP contribution in [-0.2, 0) is 6.18 Å². The number of hydrogen-bond acceptors (Lipinski definition) is 6. The lowest BCUT2D eigenvalue weighted by atomic mass is 10.1. The van der Waals surface area contributed by atoms with Gasteiger partial charge in [-0.25, -0.2) is 0 Å². The van der Waals surface area contributed by atoms with Gasteiger partial charge in [-0.05, 0) is 64.5 Å². The molecule has 10 heteroatoms. The molecule has 0 aliphatic heterocycles. The fourth-order valence-corrected chi connectivity index (χ4v) is 3.54. The van der Waals surface area contributed by atoms with Gasteiger partial charge in [0.25, 0.3) is 5.76 Å². The first-order chi connectivity index (χ1) is 16.7. The van der Waals surface area contributed by atoms with Gasteiger partial charge in [0, 0.05) is 11.6 Å². The Kier molecular flexibility index (Phi) is 6.83. The van der Waals surface area contributed by atoms with Gasteiger partial charge in [0.1, 0.15) is 22.8 Å². The molecule has 0 spiro atoms. The van der Waals surface area contributed by atoms with Crippen LogP contribution in [0.3, 0.4) is 0 Å². The Hall–Kier alpha value is -3.79. The van der Waals surface area contributed by atoms with Gasteiger partial charge in [-0.1, -0.05) is 12.1 Å². The number of carbonyl (C=O) groups is 1. The molecule has 1 aromatic heterocycles. The van der Waals surface area contributed by atoms with Gasteiger partial charge in [-0.15, -0.1) is 0 Å². The lowest BCUT2D eigenvalue weighted by molar-refractivity contribution is -0.154. The summed E-state index contributed by atoms with van der Waals surface area (Å²) < 4.78 is 62.5. The average Bonchev–Trinajstić information content (AvgIpc) is 2.84. The molecule has 0 radical (unpaired) electrons. The third-order valence-electron chi connectivity index (χ3n) is 4.91. The Morgan fingerprint density at radius 1 is 1.00 bits per heavy atom. The van der Waals surface area contributed by atoms with Crippen molar-refractivity contribution in [2.75, 3.05) is 13.7 Å². The quantitative estimate of drug-likeness (QED) is 0.241. The SMILES string of the molecule is COc1ccc(C(=O)COc2ccc3c(=O)c(Oc4ccccc4Br)c(C(F)(F)F)oc3c2)cc1. The van der Waals surface area contributed by atoms with E-state index in [1.165, 1.54) is 25.3 Å². The molecule has 35 heavy (non-hydrogen) atoms. The molecule has 0 bridgehead atoms. The molecule has 0 saturated carbocycles. The molecule has 0 unspecified atom stereocenters. The Bertz CT molecular complexity index is 1440. The predicted octanol–water partition coefficient (Wildman–Crippen LogP) is 6.64. The molecule has 0 atom stereocenters. The first-order valence-electron chi connectivity index (χ1n) is 10.1. The van der Waals surface area contributed by atoms with Crippen LogP contribution in [-0.4, -0.2) is 19.5 Å². The number of carbonyl (C=O) groups excluding carboxylic acids is 1. The monoisotopic (exact) mass is 548 g/mol. The smallest absolute Gasteiger partial charge is 0.453 e. The highest BCUT2D eigenvalue weighted by atomic mass is 79.9. The van der Waals surface area contributed by atoms with Crippen LogP contribution in [0.4, 0.5) is 13.2 Å². The summed E-state index contributed by atoms with van der Waals surface area (Å²) in [6.45, 7) is -0.378. The van der Waals surface area contributed by atoms with Gasteiger partial charge in [0.05, 0.1) is 17.0 Å². The minimum atomic E-state index is -5.01. The van der Waals surface area contributed by atoms with Gasteiger partial charge in [0.15, 0.2) is 12.4 Å². The van der Waals surface area contributed by atoms with E-state index in [4.69, 9.17) is 18.6 Å². The van der Waals surface area contributed by atoms with Crippen LogP contribution >= 0.6 is 15.9 Å². The molecule has 6 nitrogen and oxygen atoms in total. The number of ketones is 1. The Balaban J connectivity index is 1.65. The summed E-state index contributed by atoms with van der Waals surface area (Å²) in [6.07, 6.45) is -5.01. The average molecular weight is 549 g/mol. The van der Waals surface area contributed by atoms with Crippen molar-refractivity contribution >= 4 is 32.7 Å². The number of ether oxygens (including phenoxy) is 3. The molecule has 180 valence electrons. The molecule has 1 heterocycles. The fraction of sp³-hybridized carbons (Fsp3) is 0.120. The summed E-state index contributed by atoms with van der Waals surface area (Å²) in [6, 6.07) is 16.2. The Labute approximate surface area is 205 Å². The van der Waals surface area contributed by atoms with E-state index in [0.717, 1.165) is 6.07 Å². The summed E-state index contributed by atoms with van der Waals surface area (Å²) in [5.74, 6) is -2.29. The van der Waals surface area contributed by atoms with E-state index >= 15 is 0 Å². The second-order valence-corrected chi connectivity index (χ2v) is 8.07. The number of rotatable bonds is 7. The van der Waals surface area contributed by atoms with Crippen molar-refractivity contribution in [2.45, 2.75) is 6.18 Å². The molecule has 4 rings (SSSR count). The largest absolute Gasteiger partial charge is 0.497 e. The van der Waals surface area contributed by atoms with Crippen molar-refractivity contribution in [1.29, 1.82) is 0 Å². The van der Waals surface area contributed by atoms with Crippen LogP contribution < -0.4 is 19.6 Å². The molecule has 3 aromatic carbocycles. The highest BCUT2D eigenvalue weighted by Gasteiger charge is 2.40. The maximum atomic E-state index is 13.7. The highest BCUT2D eigenvalue weighted by molar-refractivity contribution is 9.10. The lowest BCUT2D eigenvalue weighted by Gasteiger charge is -2.14. The number of benzene rings is 3. The van der Waals surface area contributed by atoms with Gasteiger partial charge >= 0.3 is 6.18 Å². The van der Waals surface area contributed by atoms with Crippen molar-refractivity contribution < 1.29 is 36.6 Å². The van der Waals surface area contributed by atoms with Crippen molar-refractivity contribution in [1.82, 2.24) is 0 Å². The topological polar surface area (TPSA) is 75.0 Å². The summed E-state index contributed by atoms with van der Waals surface area (Å²) in [5.41, 5.74) is -1.00. The first kappa shape index (κ1) is 24.3. The highest BCUT2D eigenvalue weighted by Crippen LogP contribution is 2.39. The molecule has 0 N–H and O–H groups in total. The second-order valence-electron chi connectivity index (χ2n) is 7.22. The molecule has 4 aromatic rings. The number of alkyl halides is 3. The normalized spacial score (nSPS) is 11.3. The third-order valence-corrected chi connectivity index (χ3v) is 5.57. The van der Waals surface area contributed by atoms with Crippen LogP contribution in [0.1, 0.15) is 16.1 Å². The van der Waals surface area contributed by atoms with Crippen molar-refractivity contribution in [3.8, 4) is 23.0 Å². The van der Waals surface area contributed by atoms with Crippen LogP contribution in [0.5, 0.6) is 23.0 Å². The summed E-state index contributed by atoms with van der Waals surface area (Å²) in [5, 5.41) is -0.145. The van der Waals surface area contributed by atoms with Gasteiger partial charge in [-0.3, -0.25) is 9.59 Å². The maximum Gasteiger partial charge on any atom is 0.453 e. The summed E-state index contributed by atoms with van der Waals surface area (Å²) in [7, 11) is 1.50. The molecular formula is C25H16BrF3O6. The predicted molar refractivity (Wildman–Crippen MR) is 125 cm³/mol. The number of para-hydroxylation sites is 1. The van der Waals surface area contributed by atoms with E-state index in [2.05, 4.69) is 15.9 Å². The van der Waals surface area contributed by atoms with Crippen molar-refractivity contribution in [3.63, 3.8) is 0 Å². The van der Waals surface area contributed by atoms with Gasteiger partial charge in [0.2, 0.25) is 11.2 Å². The Morgan fingerprint density at radius 3 is 2.34 bits per heavy atom. The van der Waals surface area contributed by atoms with Gasteiger partial charge in [-0.2, -0.15) is 13.2 Å². The number of methoxy groups -OCH3 is 1. The minimum Gasteiger partial charge on any atom is -0.497 e. The van der Waals surface area contributed by atoms with Crippen LogP contribution in [0.2, 0.25) is 0 Å². The molecular weight excluding hydrogens is 533 g/mol. The van der Waals surface area contributed by atoms with Crippen molar-refractivity contribution in [2.24, 2.45) is 0 Å². The van der Waals surface area contributed by atoms with E-state index in [9.17, 15) is 22.8 Å². The van der Waals surface area contributed by atoms with E-state index in [-0.39, 0.29) is 34.9 Å². The third kappa shape index (κ3) is 5.32. The number of fused-ring (bicyclic) bond motifs is 1. The van der Waals surface area contributed by atoms with E-state index < -0.39 is 23.1 Å². The van der Waals surface area contributed by atoms with E-state index in [1.807, 2.05) is 0 Å². The second kappa shape index (κ2) is 9.83. The Morgan fingerprint density at radius 2 is 1.69 bits per heavy atom. The number of Topliss-reactive ketones (excluding diaryl/α,β-unsaturated/α-hetero) is 1. The number of halogens is 4. The molecule has 0 aliphatic carbocycles. The van der Waals surface area contributed by atoms with Crippen LogP contribution in [0, 0.1) is 0 Å². The molecule has 0 saturated heterocycles. The van der Waals surface area contributed by atoms with E-state index in [0.29, 0.717) is 15.8 Å². The van der Waals surface area contributed by atoms with Crippen LogP contribution in [0.15, 0.2) is 80.4 Å². The molecule has 0 amide bonds. The van der Waals surface area contributed by atoms with Crippen molar-refractivity contribution in [3.05, 3.63) is 92.7 Å². The lowest BCUT2D eigenvalue weighted by Crippen LogP contribution is -2.16. The van der Waals surface area contributed by atoms with E-state index in [1.54, 1.807) is 42.5 Å². The summed E-state index contributed by atoms with van der Waals surface area (Å²) >= 11 is 3.18. The number of hydrogen-bond donors (Lipinski definition) is 0. The molecule has 0 fully saturated rings. The zero-order chi connectivity index (χ0) is 25.2. The zero-order valence-electron chi connectivity index (χ0n) is 18.0. The van der Waals surface area contributed by atoms with Gasteiger partial charge < -0.3 is 18.6 Å².